The average Bonchev–Trinajstić information content (AvgIpc) is 2.72. The Kier molecular flexibility index (Phi) is 4.83. The first-order chi connectivity index (χ1) is 14.5. The molecule has 1 aromatic heterocycles. The first-order valence-corrected chi connectivity index (χ1v) is 11.1. The number of nitrogens with one attached hydrogen (secondary N) is 2. The average molecular weight is 409 g/mol. The summed E-state index contributed by atoms with van der Waals surface area (Å²) in [6, 6.07) is 7.03. The van der Waals surface area contributed by atoms with Crippen LogP contribution in [0.5, 0.6) is 0 Å². The zero-order valence-electron chi connectivity index (χ0n) is 17.1. The minimum Gasteiger partial charge on any atom is -0.356 e. The van der Waals surface area contributed by atoms with Gasteiger partial charge in [0.2, 0.25) is 11.8 Å². The van der Waals surface area contributed by atoms with Crippen molar-refractivity contribution in [1.29, 1.82) is 0 Å². The molecule has 2 amide bonds. The Hall–Kier alpha value is -2.70. The summed E-state index contributed by atoms with van der Waals surface area (Å²) in [6.07, 6.45) is 9.19. The van der Waals surface area contributed by atoms with Crippen molar-refractivity contribution in [3.05, 3.63) is 40.9 Å². The second-order valence-corrected chi connectivity index (χ2v) is 9.53. The quantitative estimate of drug-likeness (QED) is 0.719. The summed E-state index contributed by atoms with van der Waals surface area (Å²) >= 11 is 0. The zero-order valence-corrected chi connectivity index (χ0v) is 17.1. The number of fused-ring (bicyclic) bond motifs is 1. The molecule has 4 saturated carbocycles. The maximum atomic E-state index is 12.9. The minimum absolute atomic E-state index is 0.152. The molecule has 7 heteroatoms. The van der Waals surface area contributed by atoms with E-state index in [0.29, 0.717) is 23.9 Å². The third-order valence-corrected chi connectivity index (χ3v) is 7.30. The zero-order chi connectivity index (χ0) is 20.7. The summed E-state index contributed by atoms with van der Waals surface area (Å²) in [4.78, 5) is 41.8. The SMILES string of the molecule is O=C(CCCNC(=O)C12CC3CC(CC(C3)C1)C2)Nn1cnc2ccccc2c1=O. The largest absolute Gasteiger partial charge is 0.356 e. The molecule has 0 radical (unpaired) electrons. The van der Waals surface area contributed by atoms with Gasteiger partial charge in [-0.3, -0.25) is 19.8 Å². The van der Waals surface area contributed by atoms with Crippen molar-refractivity contribution in [3.8, 4) is 0 Å². The Morgan fingerprint density at radius 1 is 1.07 bits per heavy atom. The molecule has 7 nitrogen and oxygen atoms in total. The molecule has 4 bridgehead atoms. The molecule has 0 atom stereocenters. The maximum absolute atomic E-state index is 12.9. The van der Waals surface area contributed by atoms with E-state index >= 15 is 0 Å². The molecule has 4 fully saturated rings. The van der Waals surface area contributed by atoms with E-state index in [1.54, 1.807) is 18.2 Å². The number of amides is 2. The van der Waals surface area contributed by atoms with Gasteiger partial charge in [-0.1, -0.05) is 12.1 Å². The Morgan fingerprint density at radius 2 is 1.73 bits per heavy atom. The molecule has 0 aliphatic heterocycles. The van der Waals surface area contributed by atoms with Crippen molar-refractivity contribution in [3.63, 3.8) is 0 Å². The van der Waals surface area contributed by atoms with E-state index in [4.69, 9.17) is 0 Å². The second-order valence-electron chi connectivity index (χ2n) is 9.53. The molecule has 0 spiro atoms. The predicted octanol–water partition coefficient (Wildman–Crippen LogP) is 2.58. The third kappa shape index (κ3) is 3.50. The van der Waals surface area contributed by atoms with Crippen LogP contribution < -0.4 is 16.3 Å². The van der Waals surface area contributed by atoms with E-state index in [0.717, 1.165) is 41.7 Å². The first-order valence-electron chi connectivity index (χ1n) is 11.1. The Morgan fingerprint density at radius 3 is 2.43 bits per heavy atom. The summed E-state index contributed by atoms with van der Waals surface area (Å²) in [7, 11) is 0. The molecule has 1 heterocycles. The highest BCUT2D eigenvalue weighted by Gasteiger charge is 2.54. The number of hydrogen-bond donors (Lipinski definition) is 2. The van der Waals surface area contributed by atoms with Crippen molar-refractivity contribution in [2.24, 2.45) is 23.2 Å². The summed E-state index contributed by atoms with van der Waals surface area (Å²) < 4.78 is 1.12. The molecule has 2 N–H and O–H groups in total. The Bertz CT molecular complexity index is 1010. The van der Waals surface area contributed by atoms with Gasteiger partial charge in [0, 0.05) is 18.4 Å². The molecule has 2 aromatic rings. The third-order valence-electron chi connectivity index (χ3n) is 7.30. The standard InChI is InChI=1S/C23H28N4O3/c28-20(26-27-14-25-19-5-2-1-4-18(19)21(27)29)6-3-7-24-22(30)23-11-15-8-16(12-23)10-17(9-15)13-23/h1-2,4-5,14-17H,3,6-13H2,(H,24,30)(H,26,28). The first kappa shape index (κ1) is 19.3. The van der Waals surface area contributed by atoms with E-state index in [1.807, 2.05) is 6.07 Å². The molecular formula is C23H28N4O3. The summed E-state index contributed by atoms with van der Waals surface area (Å²) in [5.74, 6) is 2.14. The van der Waals surface area contributed by atoms with Gasteiger partial charge in [0.15, 0.2) is 0 Å². The van der Waals surface area contributed by atoms with Crippen LogP contribution in [0.3, 0.4) is 0 Å². The highest BCUT2D eigenvalue weighted by Crippen LogP contribution is 2.60. The van der Waals surface area contributed by atoms with Gasteiger partial charge in [0.05, 0.1) is 10.9 Å². The van der Waals surface area contributed by atoms with E-state index in [9.17, 15) is 14.4 Å². The maximum Gasteiger partial charge on any atom is 0.280 e. The predicted molar refractivity (Wildman–Crippen MR) is 113 cm³/mol. The second kappa shape index (κ2) is 7.52. The lowest BCUT2D eigenvalue weighted by atomic mass is 9.49. The molecule has 1 aromatic carbocycles. The van der Waals surface area contributed by atoms with Crippen LogP contribution in [0.2, 0.25) is 0 Å². The highest BCUT2D eigenvalue weighted by atomic mass is 16.2. The van der Waals surface area contributed by atoms with E-state index < -0.39 is 0 Å². The highest BCUT2D eigenvalue weighted by molar-refractivity contribution is 5.85. The fourth-order valence-electron chi connectivity index (χ4n) is 6.37. The van der Waals surface area contributed by atoms with E-state index in [-0.39, 0.29) is 29.2 Å². The molecule has 6 rings (SSSR count). The molecule has 0 unspecified atom stereocenters. The van der Waals surface area contributed by atoms with Gasteiger partial charge in [-0.15, -0.1) is 0 Å². The van der Waals surface area contributed by atoms with Crippen LogP contribution in [0.4, 0.5) is 0 Å². The lowest BCUT2D eigenvalue weighted by Gasteiger charge is -2.55. The van der Waals surface area contributed by atoms with E-state index in [1.165, 1.54) is 25.6 Å². The van der Waals surface area contributed by atoms with Crippen LogP contribution in [0.25, 0.3) is 10.9 Å². The lowest BCUT2D eigenvalue weighted by molar-refractivity contribution is -0.146. The number of hydrogen-bond acceptors (Lipinski definition) is 4. The van der Waals surface area contributed by atoms with Crippen molar-refractivity contribution in [2.45, 2.75) is 51.4 Å². The number of carbonyl (C=O) groups is 2. The van der Waals surface area contributed by atoms with Crippen LogP contribution in [0.1, 0.15) is 51.4 Å². The Labute approximate surface area is 175 Å². The van der Waals surface area contributed by atoms with E-state index in [2.05, 4.69) is 15.7 Å². The molecule has 0 saturated heterocycles. The number of para-hydroxylation sites is 1. The number of benzene rings is 1. The fourth-order valence-corrected chi connectivity index (χ4v) is 6.37. The molecular weight excluding hydrogens is 380 g/mol. The fraction of sp³-hybridized carbons (Fsp3) is 0.565. The molecule has 30 heavy (non-hydrogen) atoms. The van der Waals surface area contributed by atoms with Crippen LogP contribution in [0, 0.1) is 23.2 Å². The smallest absolute Gasteiger partial charge is 0.280 e. The number of rotatable bonds is 6. The molecule has 4 aliphatic rings. The summed E-state index contributed by atoms with van der Waals surface area (Å²) in [5.41, 5.74) is 2.73. The van der Waals surface area contributed by atoms with Gasteiger partial charge >= 0.3 is 0 Å². The van der Waals surface area contributed by atoms with Crippen molar-refractivity contribution < 1.29 is 9.59 Å². The number of aromatic nitrogens is 2. The van der Waals surface area contributed by atoms with Crippen molar-refractivity contribution in [2.75, 3.05) is 12.0 Å². The van der Waals surface area contributed by atoms with Gasteiger partial charge < -0.3 is 5.32 Å². The van der Waals surface area contributed by atoms with Crippen LogP contribution in [0.15, 0.2) is 35.4 Å². The van der Waals surface area contributed by atoms with Gasteiger partial charge in [0.1, 0.15) is 6.33 Å². The van der Waals surface area contributed by atoms with Gasteiger partial charge in [-0.2, -0.15) is 0 Å². The summed E-state index contributed by atoms with van der Waals surface area (Å²) in [6.45, 7) is 0.485. The number of nitrogens with zero attached hydrogens (tertiary/aromatic N) is 2. The van der Waals surface area contributed by atoms with Crippen molar-refractivity contribution >= 4 is 22.7 Å². The van der Waals surface area contributed by atoms with Gasteiger partial charge in [0.25, 0.3) is 5.56 Å². The minimum atomic E-state index is -0.302. The van der Waals surface area contributed by atoms with Gasteiger partial charge in [-0.05, 0) is 74.8 Å². The van der Waals surface area contributed by atoms with Crippen LogP contribution in [-0.4, -0.2) is 28.0 Å². The monoisotopic (exact) mass is 408 g/mol. The van der Waals surface area contributed by atoms with Crippen LogP contribution >= 0.6 is 0 Å². The Balaban J connectivity index is 1.12. The number of carbonyl (C=O) groups excluding carboxylic acids is 2. The van der Waals surface area contributed by atoms with Crippen molar-refractivity contribution in [1.82, 2.24) is 15.0 Å². The lowest BCUT2D eigenvalue weighted by Crippen LogP contribution is -2.53. The van der Waals surface area contributed by atoms with Gasteiger partial charge in [-0.25, -0.2) is 9.66 Å². The summed E-state index contributed by atoms with van der Waals surface area (Å²) in [5, 5.41) is 3.56. The molecule has 4 aliphatic carbocycles. The molecule has 158 valence electrons. The normalized spacial score (nSPS) is 29.1. The van der Waals surface area contributed by atoms with Crippen LogP contribution in [-0.2, 0) is 9.59 Å². The topological polar surface area (TPSA) is 93.1 Å².